The lowest BCUT2D eigenvalue weighted by Crippen LogP contribution is -2.12. The summed E-state index contributed by atoms with van der Waals surface area (Å²) in [6.45, 7) is 0. The number of para-hydroxylation sites is 1. The highest BCUT2D eigenvalue weighted by molar-refractivity contribution is 6.34. The van der Waals surface area contributed by atoms with Gasteiger partial charge in [-0.2, -0.15) is 0 Å². The monoisotopic (exact) mass is 394 g/mol. The average Bonchev–Trinajstić information content (AvgIpc) is 2.69. The van der Waals surface area contributed by atoms with E-state index in [0.29, 0.717) is 21.5 Å². The van der Waals surface area contributed by atoms with E-state index in [-0.39, 0.29) is 27.8 Å². The maximum atomic E-state index is 12.6. The minimum Gasteiger partial charge on any atom is -0.454 e. The number of halogens is 1. The van der Waals surface area contributed by atoms with Crippen LogP contribution in [0.2, 0.25) is 5.02 Å². The molecule has 0 atom stereocenters. The molecule has 1 heterocycles. The van der Waals surface area contributed by atoms with Gasteiger partial charge in [-0.1, -0.05) is 17.7 Å². The van der Waals surface area contributed by atoms with Crippen LogP contribution in [-0.4, -0.2) is 10.8 Å². The van der Waals surface area contributed by atoms with Gasteiger partial charge >= 0.3 is 0 Å². The van der Waals surface area contributed by atoms with Crippen molar-refractivity contribution < 1.29 is 14.1 Å². The van der Waals surface area contributed by atoms with Gasteiger partial charge < -0.3 is 9.73 Å². The van der Waals surface area contributed by atoms with E-state index in [0.717, 1.165) is 0 Å². The lowest BCUT2D eigenvalue weighted by Gasteiger charge is -2.07. The molecule has 0 fully saturated rings. The van der Waals surface area contributed by atoms with Gasteiger partial charge in [0.2, 0.25) is 5.43 Å². The Morgan fingerprint density at radius 2 is 1.79 bits per heavy atom. The van der Waals surface area contributed by atoms with Crippen molar-refractivity contribution in [3.63, 3.8) is 0 Å². The zero-order valence-corrected chi connectivity index (χ0v) is 14.9. The molecule has 0 aliphatic rings. The van der Waals surface area contributed by atoms with Crippen molar-refractivity contribution in [2.24, 2.45) is 0 Å². The molecule has 0 saturated carbocycles. The van der Waals surface area contributed by atoms with E-state index in [4.69, 9.17) is 16.0 Å². The molecule has 8 heteroatoms. The van der Waals surface area contributed by atoms with Crippen LogP contribution < -0.4 is 10.7 Å². The smallest absolute Gasteiger partial charge is 0.269 e. The van der Waals surface area contributed by atoms with Crippen LogP contribution in [0.25, 0.3) is 21.9 Å². The largest absolute Gasteiger partial charge is 0.454 e. The molecular formula is C20H11ClN2O5. The molecule has 3 aromatic carbocycles. The lowest BCUT2D eigenvalue weighted by molar-refractivity contribution is -0.384. The molecular weight excluding hydrogens is 384 g/mol. The molecule has 28 heavy (non-hydrogen) atoms. The number of anilines is 1. The van der Waals surface area contributed by atoms with E-state index in [9.17, 15) is 19.7 Å². The first-order chi connectivity index (χ1) is 13.4. The molecule has 4 aromatic rings. The van der Waals surface area contributed by atoms with Crippen LogP contribution >= 0.6 is 11.6 Å². The summed E-state index contributed by atoms with van der Waals surface area (Å²) in [4.78, 5) is 35.2. The summed E-state index contributed by atoms with van der Waals surface area (Å²) in [5.41, 5.74) is 0.909. The van der Waals surface area contributed by atoms with Gasteiger partial charge in [-0.25, -0.2) is 0 Å². The average molecular weight is 395 g/mol. The number of benzene rings is 3. The maximum absolute atomic E-state index is 12.6. The number of rotatable bonds is 3. The van der Waals surface area contributed by atoms with E-state index >= 15 is 0 Å². The highest BCUT2D eigenvalue weighted by Gasteiger charge is 2.13. The second-order valence-corrected chi connectivity index (χ2v) is 6.42. The molecule has 138 valence electrons. The molecule has 0 aliphatic carbocycles. The van der Waals surface area contributed by atoms with Crippen molar-refractivity contribution in [2.75, 3.05) is 5.32 Å². The molecule has 0 saturated heterocycles. The van der Waals surface area contributed by atoms with Crippen molar-refractivity contribution in [3.8, 4) is 0 Å². The van der Waals surface area contributed by atoms with E-state index in [1.807, 2.05) is 0 Å². The Kier molecular flexibility index (Phi) is 4.29. The zero-order valence-electron chi connectivity index (χ0n) is 14.1. The molecule has 1 N–H and O–H groups in total. The van der Waals surface area contributed by atoms with Crippen molar-refractivity contribution in [2.45, 2.75) is 0 Å². The molecule has 0 unspecified atom stereocenters. The van der Waals surface area contributed by atoms with Gasteiger partial charge in [-0.3, -0.25) is 19.7 Å². The predicted octanol–water partition coefficient (Wildman–Crippen LogP) is 4.76. The fourth-order valence-corrected chi connectivity index (χ4v) is 3.07. The van der Waals surface area contributed by atoms with Crippen molar-refractivity contribution in [1.82, 2.24) is 0 Å². The van der Waals surface area contributed by atoms with Gasteiger partial charge in [-0.05, 0) is 36.4 Å². The summed E-state index contributed by atoms with van der Waals surface area (Å²) < 4.78 is 5.77. The van der Waals surface area contributed by atoms with E-state index in [1.54, 1.807) is 30.3 Å². The highest BCUT2D eigenvalue weighted by Crippen LogP contribution is 2.26. The van der Waals surface area contributed by atoms with Crippen LogP contribution in [0.5, 0.6) is 0 Å². The summed E-state index contributed by atoms with van der Waals surface area (Å²) >= 11 is 6.12. The number of carbonyl (C=O) groups excluding carboxylic acids is 1. The SMILES string of the molecule is O=C(Nc1ccc2c(=O)c3cccc(Cl)c3oc2c1)c1ccc([N+](=O)[O-])cc1. The van der Waals surface area contributed by atoms with E-state index in [1.165, 1.54) is 30.3 Å². The summed E-state index contributed by atoms with van der Waals surface area (Å²) in [5.74, 6) is -0.449. The van der Waals surface area contributed by atoms with Crippen LogP contribution in [0.4, 0.5) is 11.4 Å². The third-order valence-corrected chi connectivity index (χ3v) is 4.55. The first-order valence-corrected chi connectivity index (χ1v) is 8.53. The second kappa shape index (κ2) is 6.79. The quantitative estimate of drug-likeness (QED) is 0.306. The van der Waals surface area contributed by atoms with Crippen LogP contribution in [0.15, 0.2) is 69.9 Å². The molecule has 4 rings (SSSR count). The maximum Gasteiger partial charge on any atom is 0.269 e. The summed E-state index contributed by atoms with van der Waals surface area (Å²) in [6, 6.07) is 14.8. The lowest BCUT2D eigenvalue weighted by atomic mass is 10.1. The second-order valence-electron chi connectivity index (χ2n) is 6.02. The van der Waals surface area contributed by atoms with Crippen molar-refractivity contribution in [3.05, 3.63) is 91.6 Å². The van der Waals surface area contributed by atoms with Gasteiger partial charge in [0.25, 0.3) is 11.6 Å². The third-order valence-electron chi connectivity index (χ3n) is 4.25. The van der Waals surface area contributed by atoms with E-state index in [2.05, 4.69) is 5.32 Å². The van der Waals surface area contributed by atoms with Crippen LogP contribution in [0.3, 0.4) is 0 Å². The Hall–Kier alpha value is -3.71. The van der Waals surface area contributed by atoms with Crippen LogP contribution in [0, 0.1) is 10.1 Å². The number of amides is 1. The summed E-state index contributed by atoms with van der Waals surface area (Å²) in [5, 5.41) is 14.4. The van der Waals surface area contributed by atoms with Crippen molar-refractivity contribution in [1.29, 1.82) is 0 Å². The number of nitrogens with zero attached hydrogens (tertiary/aromatic N) is 1. The standard InChI is InChI=1S/C20H11ClN2O5/c21-16-3-1-2-15-18(24)14-9-6-12(10-17(14)28-19(15)16)22-20(25)11-4-7-13(8-5-11)23(26)27/h1-10H,(H,22,25). The fraction of sp³-hybridized carbons (Fsp3) is 0. The van der Waals surface area contributed by atoms with Gasteiger partial charge in [-0.15, -0.1) is 0 Å². The molecule has 0 radical (unpaired) electrons. The highest BCUT2D eigenvalue weighted by atomic mass is 35.5. The molecule has 7 nitrogen and oxygen atoms in total. The summed E-state index contributed by atoms with van der Waals surface area (Å²) in [7, 11) is 0. The number of fused-ring (bicyclic) bond motifs is 2. The number of hydrogen-bond acceptors (Lipinski definition) is 5. The molecule has 0 aliphatic heterocycles. The molecule has 0 spiro atoms. The molecule has 1 aromatic heterocycles. The Morgan fingerprint density at radius 3 is 2.50 bits per heavy atom. The van der Waals surface area contributed by atoms with Gasteiger partial charge in [0.05, 0.1) is 20.7 Å². The Bertz CT molecular complexity index is 1310. The number of carbonyl (C=O) groups is 1. The number of nitro groups is 1. The van der Waals surface area contributed by atoms with Gasteiger partial charge in [0.15, 0.2) is 5.58 Å². The predicted molar refractivity (Wildman–Crippen MR) is 106 cm³/mol. The third kappa shape index (κ3) is 3.08. The number of nitro benzene ring substituents is 1. The fourth-order valence-electron chi connectivity index (χ4n) is 2.86. The van der Waals surface area contributed by atoms with Crippen LogP contribution in [-0.2, 0) is 0 Å². The number of non-ortho nitro benzene ring substituents is 1. The van der Waals surface area contributed by atoms with Gasteiger partial charge in [0.1, 0.15) is 5.58 Å². The minimum atomic E-state index is -0.539. The molecule has 0 bridgehead atoms. The van der Waals surface area contributed by atoms with Gasteiger partial charge in [0, 0.05) is 29.4 Å². The first kappa shape index (κ1) is 17.7. The Labute approximate surface area is 162 Å². The minimum absolute atomic E-state index is 0.104. The number of hydrogen-bond donors (Lipinski definition) is 1. The Morgan fingerprint density at radius 1 is 1.04 bits per heavy atom. The van der Waals surface area contributed by atoms with Crippen LogP contribution in [0.1, 0.15) is 10.4 Å². The topological polar surface area (TPSA) is 102 Å². The molecule has 1 amide bonds. The van der Waals surface area contributed by atoms with Crippen molar-refractivity contribution >= 4 is 50.8 Å². The normalized spacial score (nSPS) is 10.9. The zero-order chi connectivity index (χ0) is 19.8. The Balaban J connectivity index is 1.70. The first-order valence-electron chi connectivity index (χ1n) is 8.15. The number of nitrogens with one attached hydrogen (secondary N) is 1. The summed E-state index contributed by atoms with van der Waals surface area (Å²) in [6.07, 6.45) is 0. The van der Waals surface area contributed by atoms with E-state index < -0.39 is 10.8 Å².